The normalized spacial score (nSPS) is 10.2. The smallest absolute Gasteiger partial charge is 0.159 e. The monoisotopic (exact) mass is 294 g/mol. The molecule has 6 heteroatoms. The van der Waals surface area contributed by atoms with Gasteiger partial charge in [-0.3, -0.25) is 5.10 Å². The third-order valence-corrected chi connectivity index (χ3v) is 3.13. The second-order valence-corrected chi connectivity index (χ2v) is 4.53. The Morgan fingerprint density at radius 3 is 2.86 bits per heavy atom. The number of nitrogens with zero attached hydrogens (tertiary/aromatic N) is 3. The van der Waals surface area contributed by atoms with Crippen molar-refractivity contribution in [3.05, 3.63) is 65.7 Å². The average molecular weight is 294 g/mol. The van der Waals surface area contributed by atoms with Crippen molar-refractivity contribution in [2.24, 2.45) is 0 Å². The molecule has 0 fully saturated rings. The predicted octanol–water partition coefficient (Wildman–Crippen LogP) is 3.06. The maximum absolute atomic E-state index is 13.1. The highest BCUT2D eigenvalue weighted by Crippen LogP contribution is 2.27. The Hall–Kier alpha value is -3.20. The van der Waals surface area contributed by atoms with E-state index in [1.807, 2.05) is 24.3 Å². The van der Waals surface area contributed by atoms with Gasteiger partial charge in [-0.2, -0.15) is 10.4 Å². The number of ether oxygens (including phenoxy) is 1. The zero-order valence-electron chi connectivity index (χ0n) is 11.5. The fourth-order valence-corrected chi connectivity index (χ4v) is 2.06. The van der Waals surface area contributed by atoms with E-state index >= 15 is 0 Å². The van der Waals surface area contributed by atoms with Crippen LogP contribution in [0.5, 0.6) is 5.75 Å². The molecule has 0 amide bonds. The van der Waals surface area contributed by atoms with Crippen LogP contribution in [0.3, 0.4) is 0 Å². The summed E-state index contributed by atoms with van der Waals surface area (Å²) in [6.07, 6.45) is 1.42. The number of nitriles is 1. The molecule has 0 unspecified atom stereocenters. The summed E-state index contributed by atoms with van der Waals surface area (Å²) in [6.45, 7) is 0.161. The van der Waals surface area contributed by atoms with E-state index in [9.17, 15) is 4.39 Å². The summed E-state index contributed by atoms with van der Waals surface area (Å²) < 4.78 is 18.9. The Kier molecular flexibility index (Phi) is 3.79. The quantitative estimate of drug-likeness (QED) is 0.802. The second-order valence-electron chi connectivity index (χ2n) is 4.53. The third-order valence-electron chi connectivity index (χ3n) is 3.13. The molecule has 3 rings (SSSR count). The number of halogens is 1. The summed E-state index contributed by atoms with van der Waals surface area (Å²) in [5.41, 5.74) is 1.65. The van der Waals surface area contributed by atoms with Crippen molar-refractivity contribution in [1.29, 1.82) is 5.26 Å². The van der Waals surface area contributed by atoms with E-state index in [1.165, 1.54) is 18.5 Å². The molecule has 3 aromatic rings. The molecule has 0 radical (unpaired) electrons. The Balaban J connectivity index is 1.85. The molecule has 0 atom stereocenters. The molecule has 1 aromatic heterocycles. The molecule has 0 aliphatic heterocycles. The molecule has 0 spiro atoms. The fourth-order valence-electron chi connectivity index (χ4n) is 2.06. The molecule has 1 N–H and O–H groups in total. The van der Waals surface area contributed by atoms with Crippen LogP contribution in [0.2, 0.25) is 0 Å². The van der Waals surface area contributed by atoms with Crippen LogP contribution in [0.25, 0.3) is 11.4 Å². The average Bonchev–Trinajstić information content (AvgIpc) is 3.08. The number of nitrogens with one attached hydrogen (secondary N) is 1. The van der Waals surface area contributed by atoms with Crippen LogP contribution in [0.15, 0.2) is 48.8 Å². The second kappa shape index (κ2) is 6.06. The first-order valence-electron chi connectivity index (χ1n) is 6.54. The zero-order valence-corrected chi connectivity index (χ0v) is 11.5. The minimum Gasteiger partial charge on any atom is -0.488 e. The molecule has 0 bridgehead atoms. The first kappa shape index (κ1) is 13.8. The number of para-hydroxylation sites is 1. The third kappa shape index (κ3) is 2.79. The Bertz CT molecular complexity index is 824. The van der Waals surface area contributed by atoms with E-state index in [4.69, 9.17) is 10.00 Å². The van der Waals surface area contributed by atoms with Gasteiger partial charge in [0.05, 0.1) is 17.2 Å². The maximum atomic E-state index is 13.1. The first-order chi connectivity index (χ1) is 10.8. The summed E-state index contributed by atoms with van der Waals surface area (Å²) >= 11 is 0. The molecule has 1 heterocycles. The van der Waals surface area contributed by atoms with Crippen molar-refractivity contribution in [1.82, 2.24) is 15.2 Å². The van der Waals surface area contributed by atoms with Crippen molar-refractivity contribution in [3.8, 4) is 23.2 Å². The van der Waals surface area contributed by atoms with Gasteiger partial charge in [0, 0.05) is 5.56 Å². The minimum absolute atomic E-state index is 0.161. The van der Waals surface area contributed by atoms with Gasteiger partial charge in [-0.1, -0.05) is 18.2 Å². The van der Waals surface area contributed by atoms with Crippen LogP contribution in [0, 0.1) is 17.1 Å². The summed E-state index contributed by atoms with van der Waals surface area (Å²) in [7, 11) is 0. The van der Waals surface area contributed by atoms with Crippen LogP contribution >= 0.6 is 0 Å². The number of aromatic nitrogens is 3. The minimum atomic E-state index is -0.442. The Morgan fingerprint density at radius 1 is 1.23 bits per heavy atom. The lowest BCUT2D eigenvalue weighted by Crippen LogP contribution is -2.00. The maximum Gasteiger partial charge on any atom is 0.159 e. The number of hydrogen-bond donors (Lipinski definition) is 1. The van der Waals surface area contributed by atoms with Gasteiger partial charge in [0.2, 0.25) is 0 Å². The number of benzene rings is 2. The van der Waals surface area contributed by atoms with E-state index in [1.54, 1.807) is 12.1 Å². The predicted molar refractivity (Wildman–Crippen MR) is 77.3 cm³/mol. The first-order valence-corrected chi connectivity index (χ1v) is 6.54. The lowest BCUT2D eigenvalue weighted by Gasteiger charge is -2.10. The van der Waals surface area contributed by atoms with Crippen LogP contribution in [0.4, 0.5) is 4.39 Å². The molecular formula is C16H11FN4O. The fraction of sp³-hybridized carbons (Fsp3) is 0.0625. The highest BCUT2D eigenvalue weighted by Gasteiger charge is 2.10. The van der Waals surface area contributed by atoms with Crippen molar-refractivity contribution < 1.29 is 9.13 Å². The van der Waals surface area contributed by atoms with Crippen LogP contribution in [-0.2, 0) is 6.61 Å². The van der Waals surface area contributed by atoms with Gasteiger partial charge in [-0.25, -0.2) is 9.37 Å². The summed E-state index contributed by atoms with van der Waals surface area (Å²) in [5, 5.41) is 15.6. The lowest BCUT2D eigenvalue weighted by molar-refractivity contribution is 0.307. The number of hydrogen-bond acceptors (Lipinski definition) is 4. The van der Waals surface area contributed by atoms with Gasteiger partial charge >= 0.3 is 0 Å². The van der Waals surface area contributed by atoms with Gasteiger partial charge < -0.3 is 4.74 Å². The summed E-state index contributed by atoms with van der Waals surface area (Å²) in [6, 6.07) is 13.4. The van der Waals surface area contributed by atoms with Crippen molar-refractivity contribution in [2.45, 2.75) is 6.61 Å². The topological polar surface area (TPSA) is 74.6 Å². The van der Waals surface area contributed by atoms with Crippen molar-refractivity contribution in [3.63, 3.8) is 0 Å². The zero-order chi connectivity index (χ0) is 15.4. The highest BCUT2D eigenvalue weighted by atomic mass is 19.1. The number of rotatable bonds is 4. The molecule has 2 aromatic carbocycles. The van der Waals surface area contributed by atoms with Crippen molar-refractivity contribution >= 4 is 0 Å². The summed E-state index contributed by atoms with van der Waals surface area (Å²) in [4.78, 5) is 4.10. The van der Waals surface area contributed by atoms with Gasteiger partial charge in [0.1, 0.15) is 24.5 Å². The van der Waals surface area contributed by atoms with Gasteiger partial charge in [-0.15, -0.1) is 0 Å². The number of H-pyrrole nitrogens is 1. The van der Waals surface area contributed by atoms with Gasteiger partial charge in [0.25, 0.3) is 0 Å². The largest absolute Gasteiger partial charge is 0.488 e. The SMILES string of the molecule is N#Cc1cc(F)ccc1COc1ccccc1-c1ncn[nH]1. The molecule has 0 aliphatic rings. The van der Waals surface area contributed by atoms with Crippen LogP contribution < -0.4 is 4.74 Å². The Morgan fingerprint density at radius 2 is 2.09 bits per heavy atom. The van der Waals surface area contributed by atoms with Gasteiger partial charge in [0.15, 0.2) is 5.82 Å². The van der Waals surface area contributed by atoms with Crippen LogP contribution in [0.1, 0.15) is 11.1 Å². The molecule has 22 heavy (non-hydrogen) atoms. The molecular weight excluding hydrogens is 283 g/mol. The standard InChI is InChI=1S/C16H11FN4O/c17-13-6-5-11(12(7-13)8-18)9-22-15-4-2-1-3-14(15)16-19-10-20-21-16/h1-7,10H,9H2,(H,19,20,21). The molecule has 0 saturated carbocycles. The molecule has 5 nitrogen and oxygen atoms in total. The van der Waals surface area contributed by atoms with E-state index in [0.29, 0.717) is 17.1 Å². The van der Waals surface area contributed by atoms with E-state index < -0.39 is 5.82 Å². The summed E-state index contributed by atoms with van der Waals surface area (Å²) in [5.74, 6) is 0.755. The van der Waals surface area contributed by atoms with Crippen LogP contribution in [-0.4, -0.2) is 15.2 Å². The van der Waals surface area contributed by atoms with E-state index in [0.717, 1.165) is 5.56 Å². The Labute approximate surface area is 126 Å². The van der Waals surface area contributed by atoms with Crippen molar-refractivity contribution in [2.75, 3.05) is 0 Å². The van der Waals surface area contributed by atoms with E-state index in [-0.39, 0.29) is 12.2 Å². The van der Waals surface area contributed by atoms with Gasteiger partial charge in [-0.05, 0) is 24.3 Å². The molecule has 108 valence electrons. The lowest BCUT2D eigenvalue weighted by atomic mass is 10.1. The number of aromatic amines is 1. The van der Waals surface area contributed by atoms with E-state index in [2.05, 4.69) is 15.2 Å². The highest BCUT2D eigenvalue weighted by molar-refractivity contribution is 5.63. The molecule has 0 aliphatic carbocycles. The molecule has 0 saturated heterocycles.